The number of benzene rings is 1. The van der Waals surface area contributed by atoms with E-state index < -0.39 is 23.0 Å². The lowest BCUT2D eigenvalue weighted by Crippen LogP contribution is -2.14. The summed E-state index contributed by atoms with van der Waals surface area (Å²) < 4.78 is 26.9. The van der Waals surface area contributed by atoms with Crippen molar-refractivity contribution in [3.8, 4) is 6.07 Å². The normalized spacial score (nSPS) is 16.9. The van der Waals surface area contributed by atoms with E-state index in [4.69, 9.17) is 5.26 Å². The van der Waals surface area contributed by atoms with Crippen LogP contribution < -0.4 is 5.32 Å². The Labute approximate surface area is 103 Å². The second-order valence-corrected chi connectivity index (χ2v) is 3.92. The second-order valence-electron chi connectivity index (χ2n) is 3.92. The Morgan fingerprint density at radius 3 is 2.50 bits per heavy atom. The molecule has 1 saturated heterocycles. The van der Waals surface area contributed by atoms with Gasteiger partial charge in [-0.3, -0.25) is 4.79 Å². The summed E-state index contributed by atoms with van der Waals surface area (Å²) in [6.07, 6.45) is 1.35. The summed E-state index contributed by atoms with van der Waals surface area (Å²) in [6.45, 7) is 0.660. The first kappa shape index (κ1) is 12.2. The van der Waals surface area contributed by atoms with Gasteiger partial charge in [0.05, 0.1) is 5.56 Å². The summed E-state index contributed by atoms with van der Waals surface area (Å²) in [5.74, 6) is -2.81. The molecule has 0 radical (unpaired) electrons. The molecule has 18 heavy (non-hydrogen) atoms. The Morgan fingerprint density at radius 2 is 2.00 bits per heavy atom. The van der Waals surface area contributed by atoms with Crippen LogP contribution in [0.1, 0.15) is 23.2 Å². The number of halogens is 2. The van der Waals surface area contributed by atoms with Gasteiger partial charge in [0.25, 0.3) is 0 Å². The number of nitrogens with zero attached hydrogens (tertiary/aromatic N) is 1. The monoisotopic (exact) mass is 248 g/mol. The van der Waals surface area contributed by atoms with Crippen LogP contribution in [0.15, 0.2) is 29.5 Å². The van der Waals surface area contributed by atoms with Crippen molar-refractivity contribution in [2.24, 2.45) is 0 Å². The van der Waals surface area contributed by atoms with Crippen molar-refractivity contribution in [1.29, 1.82) is 5.26 Å². The van der Waals surface area contributed by atoms with E-state index in [1.807, 2.05) is 0 Å². The molecule has 0 amide bonds. The number of hydrogen-bond acceptors (Lipinski definition) is 3. The van der Waals surface area contributed by atoms with Crippen LogP contribution in [-0.4, -0.2) is 12.3 Å². The van der Waals surface area contributed by atoms with Gasteiger partial charge in [0.1, 0.15) is 23.3 Å². The van der Waals surface area contributed by atoms with E-state index in [-0.39, 0.29) is 5.57 Å². The Balaban J connectivity index is 2.49. The van der Waals surface area contributed by atoms with Crippen molar-refractivity contribution in [1.82, 2.24) is 5.32 Å². The summed E-state index contributed by atoms with van der Waals surface area (Å²) >= 11 is 0. The van der Waals surface area contributed by atoms with Crippen molar-refractivity contribution in [2.45, 2.75) is 12.8 Å². The van der Waals surface area contributed by atoms with E-state index in [9.17, 15) is 13.6 Å². The van der Waals surface area contributed by atoms with E-state index in [2.05, 4.69) is 5.32 Å². The Hall–Kier alpha value is -2.22. The Kier molecular flexibility index (Phi) is 3.38. The molecule has 0 bridgehead atoms. The van der Waals surface area contributed by atoms with Gasteiger partial charge in [-0.05, 0) is 25.0 Å². The lowest BCUT2D eigenvalue weighted by atomic mass is 10.0. The third-order valence-corrected chi connectivity index (χ3v) is 2.77. The van der Waals surface area contributed by atoms with Crippen molar-refractivity contribution >= 4 is 5.78 Å². The van der Waals surface area contributed by atoms with E-state index in [0.717, 1.165) is 18.6 Å². The molecule has 0 aliphatic carbocycles. The summed E-state index contributed by atoms with van der Waals surface area (Å²) in [6, 6.07) is 4.90. The first-order valence-electron chi connectivity index (χ1n) is 5.51. The summed E-state index contributed by atoms with van der Waals surface area (Å²) in [7, 11) is 0. The SMILES string of the molecule is N#C/C(C(=O)c1c(F)cccc1F)=C1/CCCN1. The first-order valence-corrected chi connectivity index (χ1v) is 5.51. The molecule has 92 valence electrons. The van der Waals surface area contributed by atoms with Gasteiger partial charge in [-0.15, -0.1) is 0 Å². The lowest BCUT2D eigenvalue weighted by molar-refractivity contribution is 0.103. The smallest absolute Gasteiger partial charge is 0.211 e. The van der Waals surface area contributed by atoms with Gasteiger partial charge in [0.2, 0.25) is 5.78 Å². The van der Waals surface area contributed by atoms with Gasteiger partial charge in [0.15, 0.2) is 0 Å². The predicted molar refractivity (Wildman–Crippen MR) is 60.6 cm³/mol. The number of allylic oxidation sites excluding steroid dienone is 2. The van der Waals surface area contributed by atoms with Crippen LogP contribution in [0.3, 0.4) is 0 Å². The molecule has 1 aromatic rings. The molecule has 0 atom stereocenters. The molecule has 1 aliphatic heterocycles. The zero-order valence-corrected chi connectivity index (χ0v) is 9.46. The molecule has 0 spiro atoms. The Morgan fingerprint density at radius 1 is 1.33 bits per heavy atom. The van der Waals surface area contributed by atoms with Crippen LogP contribution in [-0.2, 0) is 0 Å². The minimum Gasteiger partial charge on any atom is -0.387 e. The van der Waals surface area contributed by atoms with E-state index in [0.29, 0.717) is 18.7 Å². The molecule has 1 heterocycles. The largest absolute Gasteiger partial charge is 0.387 e. The zero-order chi connectivity index (χ0) is 13.1. The fraction of sp³-hybridized carbons (Fsp3) is 0.231. The van der Waals surface area contributed by atoms with E-state index in [1.54, 1.807) is 6.07 Å². The van der Waals surface area contributed by atoms with Crippen molar-refractivity contribution in [3.05, 3.63) is 46.7 Å². The van der Waals surface area contributed by atoms with Crippen LogP contribution in [0, 0.1) is 23.0 Å². The maximum atomic E-state index is 13.5. The average molecular weight is 248 g/mol. The lowest BCUT2D eigenvalue weighted by Gasteiger charge is -2.06. The molecular weight excluding hydrogens is 238 g/mol. The van der Waals surface area contributed by atoms with Gasteiger partial charge in [-0.1, -0.05) is 6.07 Å². The predicted octanol–water partition coefficient (Wildman–Crippen LogP) is 2.31. The van der Waals surface area contributed by atoms with Crippen LogP contribution in [0.5, 0.6) is 0 Å². The number of carbonyl (C=O) groups excluding carboxylic acids is 1. The maximum Gasteiger partial charge on any atom is 0.211 e. The van der Waals surface area contributed by atoms with E-state index >= 15 is 0 Å². The molecule has 1 N–H and O–H groups in total. The highest BCUT2D eigenvalue weighted by Gasteiger charge is 2.24. The van der Waals surface area contributed by atoms with Crippen LogP contribution in [0.2, 0.25) is 0 Å². The second kappa shape index (κ2) is 4.96. The highest BCUT2D eigenvalue weighted by molar-refractivity contribution is 6.12. The van der Waals surface area contributed by atoms with Gasteiger partial charge < -0.3 is 5.32 Å². The quantitative estimate of drug-likeness (QED) is 0.496. The van der Waals surface area contributed by atoms with E-state index in [1.165, 1.54) is 6.07 Å². The topological polar surface area (TPSA) is 52.9 Å². The van der Waals surface area contributed by atoms with Gasteiger partial charge >= 0.3 is 0 Å². The third-order valence-electron chi connectivity index (χ3n) is 2.77. The molecule has 1 fully saturated rings. The number of carbonyl (C=O) groups is 1. The van der Waals surface area contributed by atoms with Gasteiger partial charge in [-0.2, -0.15) is 5.26 Å². The molecular formula is C13H10F2N2O. The van der Waals surface area contributed by atoms with Crippen LogP contribution in [0.25, 0.3) is 0 Å². The summed E-state index contributed by atoms with van der Waals surface area (Å²) in [5.41, 5.74) is -0.420. The van der Waals surface area contributed by atoms with Crippen LogP contribution >= 0.6 is 0 Å². The average Bonchev–Trinajstić information content (AvgIpc) is 2.83. The molecule has 0 unspecified atom stereocenters. The summed E-state index contributed by atoms with van der Waals surface area (Å²) in [5, 5.41) is 11.9. The highest BCUT2D eigenvalue weighted by atomic mass is 19.1. The molecule has 1 aromatic carbocycles. The molecule has 0 saturated carbocycles. The van der Waals surface area contributed by atoms with Crippen molar-refractivity contribution < 1.29 is 13.6 Å². The minimum absolute atomic E-state index is 0.212. The fourth-order valence-electron chi connectivity index (χ4n) is 1.90. The number of hydrogen-bond donors (Lipinski definition) is 1. The van der Waals surface area contributed by atoms with Gasteiger partial charge in [-0.25, -0.2) is 8.78 Å². The van der Waals surface area contributed by atoms with Crippen molar-refractivity contribution in [2.75, 3.05) is 6.54 Å². The molecule has 0 aromatic heterocycles. The van der Waals surface area contributed by atoms with Crippen LogP contribution in [0.4, 0.5) is 8.78 Å². The number of Topliss-reactive ketones (excluding diaryl/α,β-unsaturated/α-hetero) is 1. The molecule has 5 heteroatoms. The fourth-order valence-corrected chi connectivity index (χ4v) is 1.90. The summed E-state index contributed by atoms with van der Waals surface area (Å²) in [4.78, 5) is 12.0. The molecule has 1 aliphatic rings. The zero-order valence-electron chi connectivity index (χ0n) is 9.46. The third kappa shape index (κ3) is 2.09. The molecule has 3 nitrogen and oxygen atoms in total. The minimum atomic E-state index is -0.952. The first-order chi connectivity index (χ1) is 8.65. The number of rotatable bonds is 2. The highest BCUT2D eigenvalue weighted by Crippen LogP contribution is 2.21. The van der Waals surface area contributed by atoms with Gasteiger partial charge in [0, 0.05) is 12.2 Å². The molecule has 2 rings (SSSR count). The number of ketones is 1. The van der Waals surface area contributed by atoms with Crippen molar-refractivity contribution in [3.63, 3.8) is 0 Å². The number of nitrogens with one attached hydrogen (secondary N) is 1. The Bertz CT molecular complexity index is 545. The number of nitriles is 1. The standard InChI is InChI=1S/C13H10F2N2O/c14-9-3-1-4-10(15)12(9)13(18)8(7-16)11-5-2-6-17-11/h1,3-4,17H,2,5-6H2/b11-8+. The maximum absolute atomic E-state index is 13.5.